The fourth-order valence-electron chi connectivity index (χ4n) is 1.88. The summed E-state index contributed by atoms with van der Waals surface area (Å²) in [5, 5.41) is 6.34. The fraction of sp³-hybridized carbons (Fsp3) is 0.188. The molecule has 0 amide bonds. The number of rotatable bonds is 5. The van der Waals surface area contributed by atoms with Gasteiger partial charge in [0.2, 0.25) is 0 Å². The summed E-state index contributed by atoms with van der Waals surface area (Å²) < 4.78 is 13.5. The molecular formula is C16H18FN3S. The molecule has 0 aromatic heterocycles. The first kappa shape index (κ1) is 15.3. The lowest BCUT2D eigenvalue weighted by Gasteiger charge is -2.20. The summed E-state index contributed by atoms with van der Waals surface area (Å²) in [7, 11) is 2.02. The van der Waals surface area contributed by atoms with Crippen LogP contribution in [0.15, 0.2) is 54.6 Å². The maximum atomic E-state index is 13.5. The number of para-hydroxylation sites is 2. The van der Waals surface area contributed by atoms with Crippen molar-refractivity contribution in [1.82, 2.24) is 5.32 Å². The van der Waals surface area contributed by atoms with Crippen molar-refractivity contribution < 1.29 is 4.39 Å². The van der Waals surface area contributed by atoms with Crippen molar-refractivity contribution in [1.29, 1.82) is 0 Å². The molecule has 0 saturated carbocycles. The minimum atomic E-state index is -0.317. The number of likely N-dealkylation sites (N-methyl/N-ethyl adjacent to an activating group) is 1. The number of thiocarbonyl (C=S) groups is 1. The molecule has 3 nitrogen and oxygen atoms in total. The van der Waals surface area contributed by atoms with Gasteiger partial charge in [0.1, 0.15) is 5.82 Å². The van der Waals surface area contributed by atoms with Crippen molar-refractivity contribution in [3.63, 3.8) is 0 Å². The van der Waals surface area contributed by atoms with Crippen LogP contribution in [-0.4, -0.2) is 25.2 Å². The highest BCUT2D eigenvalue weighted by Gasteiger charge is 2.03. The highest BCUT2D eigenvalue weighted by Crippen LogP contribution is 2.12. The van der Waals surface area contributed by atoms with E-state index in [1.165, 1.54) is 6.07 Å². The molecule has 0 aliphatic rings. The molecule has 0 aliphatic heterocycles. The molecule has 2 aromatic carbocycles. The summed E-state index contributed by atoms with van der Waals surface area (Å²) in [6.45, 7) is 1.47. The zero-order valence-corrected chi connectivity index (χ0v) is 12.7. The van der Waals surface area contributed by atoms with Crippen LogP contribution in [0.5, 0.6) is 0 Å². The van der Waals surface area contributed by atoms with E-state index in [9.17, 15) is 4.39 Å². The molecule has 2 aromatic rings. The number of nitrogens with zero attached hydrogens (tertiary/aromatic N) is 1. The highest BCUT2D eigenvalue weighted by molar-refractivity contribution is 7.80. The lowest BCUT2D eigenvalue weighted by Crippen LogP contribution is -2.35. The number of anilines is 2. The SMILES string of the molecule is CN(CCNC(=S)Nc1ccccc1F)c1ccccc1. The zero-order valence-electron chi connectivity index (χ0n) is 11.8. The van der Waals surface area contributed by atoms with Gasteiger partial charge in [0, 0.05) is 25.8 Å². The van der Waals surface area contributed by atoms with Gasteiger partial charge >= 0.3 is 0 Å². The Balaban J connectivity index is 1.76. The van der Waals surface area contributed by atoms with Gasteiger partial charge in [-0.1, -0.05) is 30.3 Å². The van der Waals surface area contributed by atoms with Gasteiger partial charge in [-0.15, -0.1) is 0 Å². The highest BCUT2D eigenvalue weighted by atomic mass is 32.1. The summed E-state index contributed by atoms with van der Waals surface area (Å²) >= 11 is 5.16. The molecule has 0 saturated heterocycles. The van der Waals surface area contributed by atoms with E-state index in [0.29, 0.717) is 17.3 Å². The first-order valence-corrected chi connectivity index (χ1v) is 7.13. The fourth-order valence-corrected chi connectivity index (χ4v) is 2.09. The van der Waals surface area contributed by atoms with E-state index in [1.54, 1.807) is 18.2 Å². The number of hydrogen-bond donors (Lipinski definition) is 2. The van der Waals surface area contributed by atoms with E-state index >= 15 is 0 Å². The normalized spacial score (nSPS) is 10.0. The van der Waals surface area contributed by atoms with Crippen molar-refractivity contribution >= 4 is 28.7 Å². The van der Waals surface area contributed by atoms with Crippen molar-refractivity contribution in [2.24, 2.45) is 0 Å². The second-order valence-electron chi connectivity index (χ2n) is 4.62. The lowest BCUT2D eigenvalue weighted by atomic mass is 10.3. The lowest BCUT2D eigenvalue weighted by molar-refractivity contribution is 0.632. The van der Waals surface area contributed by atoms with Crippen molar-refractivity contribution in [2.75, 3.05) is 30.4 Å². The molecule has 0 bridgehead atoms. The third kappa shape index (κ3) is 4.72. The summed E-state index contributed by atoms with van der Waals surface area (Å²) in [6.07, 6.45) is 0. The Bertz CT molecular complexity index is 589. The van der Waals surface area contributed by atoms with Gasteiger partial charge in [0.15, 0.2) is 5.11 Å². The van der Waals surface area contributed by atoms with Crippen LogP contribution >= 0.6 is 12.2 Å². The number of halogens is 1. The topological polar surface area (TPSA) is 27.3 Å². The smallest absolute Gasteiger partial charge is 0.170 e. The Morgan fingerprint density at radius 2 is 1.76 bits per heavy atom. The molecule has 0 spiro atoms. The van der Waals surface area contributed by atoms with Crippen molar-refractivity contribution in [3.8, 4) is 0 Å². The monoisotopic (exact) mass is 303 g/mol. The minimum Gasteiger partial charge on any atom is -0.373 e. The summed E-state index contributed by atoms with van der Waals surface area (Å²) in [5.41, 5.74) is 1.53. The Kier molecular flexibility index (Phi) is 5.51. The van der Waals surface area contributed by atoms with Gasteiger partial charge < -0.3 is 15.5 Å². The average molecular weight is 303 g/mol. The molecule has 0 unspecified atom stereocenters. The third-order valence-corrected chi connectivity index (χ3v) is 3.30. The molecule has 110 valence electrons. The second-order valence-corrected chi connectivity index (χ2v) is 5.03. The molecule has 21 heavy (non-hydrogen) atoms. The van der Waals surface area contributed by atoms with Crippen LogP contribution in [0.4, 0.5) is 15.8 Å². The molecule has 2 N–H and O–H groups in total. The Morgan fingerprint density at radius 1 is 1.10 bits per heavy atom. The van der Waals surface area contributed by atoms with Crippen molar-refractivity contribution in [3.05, 3.63) is 60.4 Å². The van der Waals surface area contributed by atoms with Gasteiger partial charge in [0.25, 0.3) is 0 Å². The van der Waals surface area contributed by atoms with Crippen LogP contribution < -0.4 is 15.5 Å². The Hall–Kier alpha value is -2.14. The van der Waals surface area contributed by atoms with E-state index in [0.717, 1.165) is 12.2 Å². The van der Waals surface area contributed by atoms with Crippen molar-refractivity contribution in [2.45, 2.75) is 0 Å². The second kappa shape index (κ2) is 7.59. The quantitative estimate of drug-likeness (QED) is 0.829. The van der Waals surface area contributed by atoms with Crippen LogP contribution in [0.2, 0.25) is 0 Å². The maximum Gasteiger partial charge on any atom is 0.170 e. The maximum absolute atomic E-state index is 13.5. The van der Waals surface area contributed by atoms with Gasteiger partial charge in [-0.2, -0.15) is 0 Å². The van der Waals surface area contributed by atoms with Crippen LogP contribution in [-0.2, 0) is 0 Å². The molecule has 0 fully saturated rings. The van der Waals surface area contributed by atoms with E-state index in [-0.39, 0.29) is 5.82 Å². The van der Waals surface area contributed by atoms with Gasteiger partial charge in [0.05, 0.1) is 5.69 Å². The Morgan fingerprint density at radius 3 is 2.48 bits per heavy atom. The van der Waals surface area contributed by atoms with Crippen LogP contribution in [0.3, 0.4) is 0 Å². The molecule has 2 rings (SSSR count). The molecule has 0 atom stereocenters. The minimum absolute atomic E-state index is 0.317. The molecule has 0 heterocycles. The number of benzene rings is 2. The molecule has 0 radical (unpaired) electrons. The van der Waals surface area contributed by atoms with E-state index in [1.807, 2.05) is 25.2 Å². The van der Waals surface area contributed by atoms with Gasteiger partial charge in [-0.25, -0.2) is 4.39 Å². The van der Waals surface area contributed by atoms with E-state index in [2.05, 4.69) is 27.7 Å². The van der Waals surface area contributed by atoms with Crippen LogP contribution in [0.1, 0.15) is 0 Å². The molecule has 5 heteroatoms. The first-order chi connectivity index (χ1) is 10.2. The molecular weight excluding hydrogens is 285 g/mol. The predicted octanol–water partition coefficient (Wildman–Crippen LogP) is 3.25. The average Bonchev–Trinajstić information content (AvgIpc) is 2.50. The summed E-state index contributed by atoms with van der Waals surface area (Å²) in [5.74, 6) is -0.317. The van der Waals surface area contributed by atoms with Crippen LogP contribution in [0.25, 0.3) is 0 Å². The summed E-state index contributed by atoms with van der Waals surface area (Å²) in [6, 6.07) is 16.6. The zero-order chi connectivity index (χ0) is 15.1. The third-order valence-electron chi connectivity index (χ3n) is 3.05. The van der Waals surface area contributed by atoms with Gasteiger partial charge in [-0.3, -0.25) is 0 Å². The predicted molar refractivity (Wildman–Crippen MR) is 90.3 cm³/mol. The van der Waals surface area contributed by atoms with E-state index in [4.69, 9.17) is 12.2 Å². The standard InChI is InChI=1S/C16H18FN3S/c1-20(13-7-3-2-4-8-13)12-11-18-16(21)19-15-10-6-5-9-14(15)17/h2-10H,11-12H2,1H3,(H2,18,19,21). The number of hydrogen-bond acceptors (Lipinski definition) is 2. The molecule has 0 aliphatic carbocycles. The Labute approximate surface area is 129 Å². The summed E-state index contributed by atoms with van der Waals surface area (Å²) in [4.78, 5) is 2.12. The first-order valence-electron chi connectivity index (χ1n) is 6.72. The van der Waals surface area contributed by atoms with Gasteiger partial charge in [-0.05, 0) is 36.5 Å². The van der Waals surface area contributed by atoms with Crippen LogP contribution in [0, 0.1) is 5.82 Å². The number of nitrogens with one attached hydrogen (secondary N) is 2. The largest absolute Gasteiger partial charge is 0.373 e. The van der Waals surface area contributed by atoms with E-state index < -0.39 is 0 Å².